The summed E-state index contributed by atoms with van der Waals surface area (Å²) in [4.78, 5) is 0. The molecule has 4 fully saturated rings. The summed E-state index contributed by atoms with van der Waals surface area (Å²) in [5.41, 5.74) is 2.78. The first-order chi connectivity index (χ1) is 10.1. The molecule has 0 aromatic heterocycles. The number of hydrogen-bond donors (Lipinski definition) is 0. The molecule has 6 rings (SSSR count). The highest BCUT2D eigenvalue weighted by Gasteiger charge is 2.56. The van der Waals surface area contributed by atoms with Crippen LogP contribution in [0.5, 0.6) is 0 Å². The van der Waals surface area contributed by atoms with Crippen molar-refractivity contribution in [1.82, 2.24) is 0 Å². The number of hydrogen-bond acceptors (Lipinski definition) is 0. The molecule has 4 aliphatic carbocycles. The lowest BCUT2D eigenvalue weighted by molar-refractivity contribution is -0.0615. The van der Waals surface area contributed by atoms with Crippen LogP contribution in [0.15, 0.2) is 42.5 Å². The average Bonchev–Trinajstić information content (AvgIpc) is 2.44. The van der Waals surface area contributed by atoms with E-state index >= 15 is 0 Å². The van der Waals surface area contributed by atoms with Crippen LogP contribution in [-0.4, -0.2) is 0 Å². The van der Waals surface area contributed by atoms with Gasteiger partial charge in [-0.3, -0.25) is 0 Å². The summed E-state index contributed by atoms with van der Waals surface area (Å²) in [6.07, 6.45) is 8.86. The van der Waals surface area contributed by atoms with Crippen molar-refractivity contribution >= 4 is 10.8 Å². The lowest BCUT2D eigenvalue weighted by atomic mass is 9.43. The average molecular weight is 276 g/mol. The molecule has 0 spiro atoms. The molecule has 0 radical (unpaired) electrons. The lowest BCUT2D eigenvalue weighted by Crippen LogP contribution is -2.52. The molecular weight excluding hydrogens is 252 g/mol. The van der Waals surface area contributed by atoms with Crippen LogP contribution in [0, 0.1) is 17.3 Å². The van der Waals surface area contributed by atoms with E-state index < -0.39 is 0 Å². The fourth-order valence-electron chi connectivity index (χ4n) is 6.58. The first-order valence-electron chi connectivity index (χ1n) is 8.64. The molecule has 0 heteroatoms. The largest absolute Gasteiger partial charge is 0.0616 e. The molecule has 0 aliphatic heterocycles. The van der Waals surface area contributed by atoms with Gasteiger partial charge in [-0.15, -0.1) is 0 Å². The molecule has 21 heavy (non-hydrogen) atoms. The fourth-order valence-corrected chi connectivity index (χ4v) is 6.58. The van der Waals surface area contributed by atoms with Crippen molar-refractivity contribution in [2.24, 2.45) is 17.3 Å². The van der Waals surface area contributed by atoms with Crippen molar-refractivity contribution in [3.63, 3.8) is 0 Å². The maximum atomic E-state index is 2.57. The third kappa shape index (κ3) is 1.74. The molecule has 0 amide bonds. The van der Waals surface area contributed by atoms with E-state index in [1.165, 1.54) is 49.3 Å². The van der Waals surface area contributed by atoms with Crippen molar-refractivity contribution in [1.29, 1.82) is 0 Å². The summed E-state index contributed by atoms with van der Waals surface area (Å²) in [5, 5.41) is 2.81. The minimum absolute atomic E-state index is 0.503. The third-order valence-corrected chi connectivity index (χ3v) is 6.72. The minimum Gasteiger partial charge on any atom is -0.0616 e. The van der Waals surface area contributed by atoms with Gasteiger partial charge < -0.3 is 0 Å². The fraction of sp³-hybridized carbons (Fsp3) is 0.524. The summed E-state index contributed by atoms with van der Waals surface area (Å²) in [6, 6.07) is 16.1. The van der Waals surface area contributed by atoms with Gasteiger partial charge in [-0.2, -0.15) is 0 Å². The monoisotopic (exact) mass is 276 g/mol. The molecule has 108 valence electrons. The van der Waals surface area contributed by atoms with Gasteiger partial charge in [0.15, 0.2) is 0 Å². The molecule has 4 bridgehead atoms. The summed E-state index contributed by atoms with van der Waals surface area (Å²) >= 11 is 0. The van der Waals surface area contributed by atoms with Gasteiger partial charge in [0.1, 0.15) is 0 Å². The van der Waals surface area contributed by atoms with Crippen LogP contribution in [0.1, 0.15) is 51.0 Å². The highest BCUT2D eigenvalue weighted by molar-refractivity contribution is 5.83. The highest BCUT2D eigenvalue weighted by atomic mass is 14.6. The van der Waals surface area contributed by atoms with Crippen molar-refractivity contribution in [2.45, 2.75) is 50.9 Å². The molecular formula is C21H24. The normalized spacial score (nSPS) is 40.8. The Morgan fingerprint density at radius 3 is 2.29 bits per heavy atom. The van der Waals surface area contributed by atoms with E-state index in [1.54, 1.807) is 5.56 Å². The van der Waals surface area contributed by atoms with Crippen molar-refractivity contribution in [2.75, 3.05) is 0 Å². The van der Waals surface area contributed by atoms with Crippen LogP contribution in [0.2, 0.25) is 0 Å². The van der Waals surface area contributed by atoms with Crippen molar-refractivity contribution in [3.05, 3.63) is 48.0 Å². The van der Waals surface area contributed by atoms with Gasteiger partial charge in [-0.25, -0.2) is 0 Å². The van der Waals surface area contributed by atoms with Gasteiger partial charge >= 0.3 is 0 Å². The highest BCUT2D eigenvalue weighted by Crippen LogP contribution is 2.65. The predicted octanol–water partition coefficient (Wildman–Crippen LogP) is 5.70. The molecule has 2 aromatic rings. The van der Waals surface area contributed by atoms with Gasteiger partial charge in [-0.05, 0) is 77.5 Å². The zero-order valence-corrected chi connectivity index (χ0v) is 12.9. The molecule has 0 N–H and O–H groups in total. The summed E-state index contributed by atoms with van der Waals surface area (Å²) in [7, 11) is 0. The lowest BCUT2D eigenvalue weighted by Gasteiger charge is -2.61. The first-order valence-corrected chi connectivity index (χ1v) is 8.64. The smallest absolute Gasteiger partial charge is 0.00363 e. The van der Waals surface area contributed by atoms with Crippen LogP contribution in [0.25, 0.3) is 10.8 Å². The Morgan fingerprint density at radius 2 is 1.57 bits per heavy atom. The molecule has 4 atom stereocenters. The van der Waals surface area contributed by atoms with Crippen LogP contribution in [0.3, 0.4) is 0 Å². The summed E-state index contributed by atoms with van der Waals surface area (Å²) < 4.78 is 0. The van der Waals surface area contributed by atoms with Crippen LogP contribution in [0.4, 0.5) is 0 Å². The van der Waals surface area contributed by atoms with Gasteiger partial charge in [0, 0.05) is 0 Å². The quantitative estimate of drug-likeness (QED) is 0.627. The summed E-state index contributed by atoms with van der Waals surface area (Å²) in [6.45, 7) is 2.57. The molecule has 0 heterocycles. The van der Waals surface area contributed by atoms with Crippen LogP contribution >= 0.6 is 0 Å². The second-order valence-corrected chi connectivity index (χ2v) is 8.61. The zero-order valence-electron chi connectivity index (χ0n) is 12.9. The van der Waals surface area contributed by atoms with Gasteiger partial charge in [0.2, 0.25) is 0 Å². The second kappa shape index (κ2) is 3.91. The molecule has 2 aromatic carbocycles. The number of fused-ring (bicyclic) bond motifs is 1. The topological polar surface area (TPSA) is 0 Å². The second-order valence-electron chi connectivity index (χ2n) is 8.61. The summed E-state index contributed by atoms with van der Waals surface area (Å²) in [5.74, 6) is 2.01. The zero-order chi connectivity index (χ0) is 14.1. The Balaban J connectivity index is 1.64. The Hall–Kier alpha value is -1.30. The Kier molecular flexibility index (Phi) is 2.28. The molecule has 0 saturated heterocycles. The van der Waals surface area contributed by atoms with E-state index in [1.807, 2.05) is 0 Å². The number of rotatable bonds is 1. The molecule has 4 aliphatic rings. The minimum atomic E-state index is 0.503. The Labute approximate surface area is 127 Å². The van der Waals surface area contributed by atoms with Gasteiger partial charge in [-0.1, -0.05) is 49.4 Å². The van der Waals surface area contributed by atoms with Gasteiger partial charge in [0.25, 0.3) is 0 Å². The van der Waals surface area contributed by atoms with E-state index in [9.17, 15) is 0 Å². The van der Waals surface area contributed by atoms with E-state index in [2.05, 4.69) is 49.4 Å². The number of benzene rings is 2. The van der Waals surface area contributed by atoms with E-state index in [0.717, 1.165) is 11.8 Å². The first kappa shape index (κ1) is 12.3. The molecule has 0 nitrogen and oxygen atoms in total. The maximum Gasteiger partial charge on any atom is -0.00363 e. The van der Waals surface area contributed by atoms with Crippen LogP contribution in [-0.2, 0) is 5.41 Å². The predicted molar refractivity (Wildman–Crippen MR) is 88.4 cm³/mol. The van der Waals surface area contributed by atoms with Crippen molar-refractivity contribution < 1.29 is 0 Å². The maximum absolute atomic E-state index is 2.57. The van der Waals surface area contributed by atoms with Crippen LogP contribution < -0.4 is 0 Å². The van der Waals surface area contributed by atoms with Gasteiger partial charge in [0.05, 0.1) is 0 Å². The molecule has 2 unspecified atom stereocenters. The van der Waals surface area contributed by atoms with E-state index in [-0.39, 0.29) is 0 Å². The Bertz CT molecular complexity index is 697. The van der Waals surface area contributed by atoms with E-state index in [4.69, 9.17) is 0 Å². The molecule has 4 saturated carbocycles. The van der Waals surface area contributed by atoms with Crippen molar-refractivity contribution in [3.8, 4) is 0 Å². The third-order valence-electron chi connectivity index (χ3n) is 6.72. The Morgan fingerprint density at radius 1 is 0.857 bits per heavy atom. The standard InChI is InChI=1S/C21H24/c1-20-10-15-8-16(11-20)13-21(12-15,14-20)19-7-6-17-4-2-3-5-18(17)9-19/h2-7,9,15-16H,8,10-14H2,1H3/t15-,16+,20?,21?. The SMILES string of the molecule is CC12C[C@H]3C[C@@H](C1)CC(c1ccc4ccccc4c1)(C3)C2. The van der Waals surface area contributed by atoms with E-state index in [0.29, 0.717) is 10.8 Å².